The molecule has 1 fully saturated rings. The smallest absolute Gasteiger partial charge is 0.240 e. The molecular formula is C13H26ClN3O2. The highest BCUT2D eigenvalue weighted by atomic mass is 35.5. The van der Waals surface area contributed by atoms with Crippen LogP contribution in [0, 0.1) is 0 Å². The standard InChI is InChI=1S/C13H25N3O2.ClH/c1-13(2,10-14)15-11(17)9-16-8-6-4-3-5-7-12(16)18;/h3-10,14H2,1-2H3,(H,15,17);1H. The van der Waals surface area contributed by atoms with Gasteiger partial charge in [0.05, 0.1) is 6.54 Å². The van der Waals surface area contributed by atoms with Crippen LogP contribution in [0.1, 0.15) is 46.0 Å². The molecule has 6 heteroatoms. The largest absolute Gasteiger partial charge is 0.348 e. The van der Waals surface area contributed by atoms with Crippen LogP contribution in [0.3, 0.4) is 0 Å². The van der Waals surface area contributed by atoms with Gasteiger partial charge < -0.3 is 16.0 Å². The van der Waals surface area contributed by atoms with Crippen molar-refractivity contribution in [1.29, 1.82) is 0 Å². The molecule has 0 unspecified atom stereocenters. The number of carbonyl (C=O) groups excluding carboxylic acids is 2. The van der Waals surface area contributed by atoms with Crippen molar-refractivity contribution in [3.8, 4) is 0 Å². The fourth-order valence-corrected chi connectivity index (χ4v) is 2.02. The summed E-state index contributed by atoms with van der Waals surface area (Å²) in [7, 11) is 0. The van der Waals surface area contributed by atoms with Crippen molar-refractivity contribution in [2.75, 3.05) is 19.6 Å². The zero-order valence-corrected chi connectivity index (χ0v) is 12.7. The van der Waals surface area contributed by atoms with Gasteiger partial charge in [-0.05, 0) is 26.7 Å². The summed E-state index contributed by atoms with van der Waals surface area (Å²) in [4.78, 5) is 25.4. The maximum absolute atomic E-state index is 11.9. The second-order valence-electron chi connectivity index (χ2n) is 5.62. The van der Waals surface area contributed by atoms with E-state index >= 15 is 0 Å². The number of rotatable bonds is 4. The first kappa shape index (κ1) is 18.2. The molecule has 2 amide bonds. The summed E-state index contributed by atoms with van der Waals surface area (Å²) in [5, 5.41) is 2.85. The quantitative estimate of drug-likeness (QED) is 0.813. The van der Waals surface area contributed by atoms with Gasteiger partial charge in [0.15, 0.2) is 0 Å². The Balaban J connectivity index is 0.00000324. The van der Waals surface area contributed by atoms with Crippen molar-refractivity contribution in [2.24, 2.45) is 5.73 Å². The van der Waals surface area contributed by atoms with Crippen molar-refractivity contribution in [2.45, 2.75) is 51.5 Å². The molecule has 0 aromatic carbocycles. The third kappa shape index (κ3) is 6.78. The summed E-state index contributed by atoms with van der Waals surface area (Å²) >= 11 is 0. The number of halogens is 1. The average molecular weight is 292 g/mol. The summed E-state index contributed by atoms with van der Waals surface area (Å²) in [6.45, 7) is 4.98. The Hall–Kier alpha value is -0.810. The molecule has 3 N–H and O–H groups in total. The Kier molecular flexibility index (Phi) is 8.02. The molecule has 0 atom stereocenters. The number of nitrogens with zero attached hydrogens (tertiary/aromatic N) is 1. The normalized spacial score (nSPS) is 17.2. The van der Waals surface area contributed by atoms with E-state index in [1.807, 2.05) is 13.8 Å². The number of likely N-dealkylation sites (tertiary alicyclic amines) is 1. The van der Waals surface area contributed by atoms with Gasteiger partial charge in [0.25, 0.3) is 0 Å². The summed E-state index contributed by atoms with van der Waals surface area (Å²) in [5.41, 5.74) is 5.15. The van der Waals surface area contributed by atoms with Crippen LogP contribution in [0.2, 0.25) is 0 Å². The molecule has 112 valence electrons. The molecule has 0 aromatic heterocycles. The predicted octanol–water partition coefficient (Wildman–Crippen LogP) is 1.05. The Labute approximate surface area is 121 Å². The fourth-order valence-electron chi connectivity index (χ4n) is 2.02. The number of hydrogen-bond acceptors (Lipinski definition) is 3. The predicted molar refractivity (Wildman–Crippen MR) is 78.2 cm³/mol. The molecule has 0 spiro atoms. The van der Waals surface area contributed by atoms with Gasteiger partial charge >= 0.3 is 0 Å². The van der Waals surface area contributed by atoms with Crippen LogP contribution in [0.25, 0.3) is 0 Å². The van der Waals surface area contributed by atoms with Crippen LogP contribution in [-0.4, -0.2) is 41.9 Å². The first-order chi connectivity index (χ1) is 8.44. The van der Waals surface area contributed by atoms with Gasteiger partial charge in [-0.3, -0.25) is 9.59 Å². The van der Waals surface area contributed by atoms with E-state index in [9.17, 15) is 9.59 Å². The van der Waals surface area contributed by atoms with Crippen LogP contribution < -0.4 is 11.1 Å². The van der Waals surface area contributed by atoms with Crippen molar-refractivity contribution < 1.29 is 9.59 Å². The maximum Gasteiger partial charge on any atom is 0.240 e. The van der Waals surface area contributed by atoms with E-state index in [-0.39, 0.29) is 30.8 Å². The molecule has 0 bridgehead atoms. The van der Waals surface area contributed by atoms with Crippen molar-refractivity contribution in [1.82, 2.24) is 10.2 Å². The van der Waals surface area contributed by atoms with E-state index in [2.05, 4.69) is 5.32 Å². The van der Waals surface area contributed by atoms with Gasteiger partial charge in [-0.25, -0.2) is 0 Å². The van der Waals surface area contributed by atoms with Gasteiger partial charge in [0.1, 0.15) is 0 Å². The van der Waals surface area contributed by atoms with Crippen LogP contribution in [0.15, 0.2) is 0 Å². The highest BCUT2D eigenvalue weighted by molar-refractivity contribution is 5.85. The Morgan fingerprint density at radius 3 is 2.58 bits per heavy atom. The number of hydrogen-bond donors (Lipinski definition) is 2. The molecule has 0 saturated carbocycles. The third-order valence-corrected chi connectivity index (χ3v) is 3.24. The fraction of sp³-hybridized carbons (Fsp3) is 0.846. The lowest BCUT2D eigenvalue weighted by Crippen LogP contribution is -2.52. The Morgan fingerprint density at radius 2 is 1.95 bits per heavy atom. The number of carbonyl (C=O) groups is 2. The maximum atomic E-state index is 11.9. The van der Waals surface area contributed by atoms with Gasteiger partial charge in [0, 0.05) is 25.0 Å². The second kappa shape index (κ2) is 8.38. The molecule has 5 nitrogen and oxygen atoms in total. The van der Waals surface area contributed by atoms with E-state index in [4.69, 9.17) is 5.73 Å². The Morgan fingerprint density at radius 1 is 1.32 bits per heavy atom. The highest BCUT2D eigenvalue weighted by Crippen LogP contribution is 2.11. The van der Waals surface area contributed by atoms with Crippen molar-refractivity contribution >= 4 is 24.2 Å². The van der Waals surface area contributed by atoms with Crippen molar-refractivity contribution in [3.63, 3.8) is 0 Å². The van der Waals surface area contributed by atoms with Crippen LogP contribution >= 0.6 is 12.4 Å². The minimum Gasteiger partial charge on any atom is -0.348 e. The van der Waals surface area contributed by atoms with Crippen LogP contribution in [0.5, 0.6) is 0 Å². The molecule has 1 saturated heterocycles. The topological polar surface area (TPSA) is 75.4 Å². The summed E-state index contributed by atoms with van der Waals surface area (Å²) < 4.78 is 0. The Bertz CT molecular complexity index is 308. The SMILES string of the molecule is CC(C)(CN)NC(=O)CN1CCCCCCC1=O.Cl. The molecule has 1 aliphatic rings. The lowest BCUT2D eigenvalue weighted by molar-refractivity contribution is -0.137. The van der Waals surface area contributed by atoms with Gasteiger partial charge in [-0.1, -0.05) is 12.8 Å². The molecular weight excluding hydrogens is 266 g/mol. The van der Waals surface area contributed by atoms with E-state index in [0.29, 0.717) is 19.5 Å². The van der Waals surface area contributed by atoms with E-state index in [0.717, 1.165) is 25.7 Å². The van der Waals surface area contributed by atoms with E-state index < -0.39 is 5.54 Å². The van der Waals surface area contributed by atoms with Gasteiger partial charge in [-0.2, -0.15) is 0 Å². The van der Waals surface area contributed by atoms with Gasteiger partial charge in [-0.15, -0.1) is 12.4 Å². The van der Waals surface area contributed by atoms with Gasteiger partial charge in [0.2, 0.25) is 11.8 Å². The van der Waals surface area contributed by atoms with E-state index in [1.165, 1.54) is 0 Å². The average Bonchev–Trinajstić information content (AvgIpc) is 2.28. The molecule has 19 heavy (non-hydrogen) atoms. The van der Waals surface area contributed by atoms with Crippen molar-refractivity contribution in [3.05, 3.63) is 0 Å². The molecule has 0 aliphatic carbocycles. The minimum atomic E-state index is -0.414. The van der Waals surface area contributed by atoms with Crippen LogP contribution in [0.4, 0.5) is 0 Å². The molecule has 1 aliphatic heterocycles. The zero-order valence-electron chi connectivity index (χ0n) is 11.9. The number of nitrogens with two attached hydrogens (primary N) is 1. The number of nitrogens with one attached hydrogen (secondary N) is 1. The lowest BCUT2D eigenvalue weighted by atomic mass is 10.1. The minimum absolute atomic E-state index is 0. The third-order valence-electron chi connectivity index (χ3n) is 3.24. The molecule has 1 heterocycles. The highest BCUT2D eigenvalue weighted by Gasteiger charge is 2.22. The second-order valence-corrected chi connectivity index (χ2v) is 5.62. The molecule has 0 radical (unpaired) electrons. The molecule has 0 aromatic rings. The first-order valence-corrected chi connectivity index (χ1v) is 6.73. The lowest BCUT2D eigenvalue weighted by Gasteiger charge is -2.28. The summed E-state index contributed by atoms with van der Waals surface area (Å²) in [6.07, 6.45) is 4.74. The zero-order chi connectivity index (χ0) is 13.6. The summed E-state index contributed by atoms with van der Waals surface area (Å²) in [5.74, 6) is -0.0326. The van der Waals surface area contributed by atoms with E-state index in [1.54, 1.807) is 4.90 Å². The first-order valence-electron chi connectivity index (χ1n) is 6.73. The monoisotopic (exact) mass is 291 g/mol. The number of amides is 2. The van der Waals surface area contributed by atoms with Crippen LogP contribution in [-0.2, 0) is 9.59 Å². The molecule has 1 rings (SSSR count). The summed E-state index contributed by atoms with van der Waals surface area (Å²) in [6, 6.07) is 0.